The number of hydrogen-bond donors (Lipinski definition) is 3. The fraction of sp³-hybridized carbons (Fsp3) is 0.769. The van der Waals surface area contributed by atoms with Gasteiger partial charge < -0.3 is 5.32 Å². The first-order chi connectivity index (χ1) is 9.56. The van der Waals surface area contributed by atoms with Crippen LogP contribution in [0.5, 0.6) is 0 Å². The molecule has 3 N–H and O–H groups in total. The van der Waals surface area contributed by atoms with Crippen molar-refractivity contribution in [2.75, 3.05) is 0 Å². The fourth-order valence-corrected chi connectivity index (χ4v) is 4.21. The highest BCUT2D eigenvalue weighted by Gasteiger charge is 2.29. The van der Waals surface area contributed by atoms with Crippen LogP contribution in [-0.4, -0.2) is 30.7 Å². The van der Waals surface area contributed by atoms with Gasteiger partial charge in [-0.15, -0.1) is 0 Å². The van der Waals surface area contributed by atoms with Crippen molar-refractivity contribution in [3.8, 4) is 0 Å². The van der Waals surface area contributed by atoms with Gasteiger partial charge in [0.05, 0.1) is 0 Å². The Hall–Kier alpha value is -0.920. The van der Waals surface area contributed by atoms with E-state index >= 15 is 0 Å². The number of aryl methyl sites for hydroxylation is 1. The average Bonchev–Trinajstić information content (AvgIpc) is 2.94. The van der Waals surface area contributed by atoms with Crippen LogP contribution in [-0.2, 0) is 16.6 Å². The van der Waals surface area contributed by atoms with Gasteiger partial charge in [0.2, 0.25) is 0 Å². The lowest BCUT2D eigenvalue weighted by Crippen LogP contribution is -2.33. The highest BCUT2D eigenvalue weighted by Crippen LogP contribution is 2.24. The van der Waals surface area contributed by atoms with Crippen LogP contribution in [0.25, 0.3) is 0 Å². The third-order valence-electron chi connectivity index (χ3n) is 4.11. The van der Waals surface area contributed by atoms with Gasteiger partial charge in [0.25, 0.3) is 10.0 Å². The fourth-order valence-electron chi connectivity index (χ4n) is 2.71. The number of hydrogen-bond acceptors (Lipinski definition) is 4. The van der Waals surface area contributed by atoms with Crippen molar-refractivity contribution < 1.29 is 8.42 Å². The van der Waals surface area contributed by atoms with Gasteiger partial charge in [0.1, 0.15) is 0 Å². The Bertz CT molecular complexity index is 571. The summed E-state index contributed by atoms with van der Waals surface area (Å²) in [4.78, 5) is 0. The molecule has 2 fully saturated rings. The molecule has 2 aliphatic rings. The summed E-state index contributed by atoms with van der Waals surface area (Å²) in [5.74, 6) is 0. The minimum atomic E-state index is -3.51. The largest absolute Gasteiger partial charge is 0.310 e. The SMILES string of the molecule is Cc1[nH]nc(S(=O)(=O)NC2CCCC2)c1CNC1CC1. The highest BCUT2D eigenvalue weighted by molar-refractivity contribution is 7.89. The van der Waals surface area contributed by atoms with Gasteiger partial charge in [0, 0.05) is 29.9 Å². The maximum Gasteiger partial charge on any atom is 0.260 e. The summed E-state index contributed by atoms with van der Waals surface area (Å²) < 4.78 is 27.7. The monoisotopic (exact) mass is 298 g/mol. The first-order valence-electron chi connectivity index (χ1n) is 7.36. The number of H-pyrrole nitrogens is 1. The van der Waals surface area contributed by atoms with Gasteiger partial charge in [-0.2, -0.15) is 5.10 Å². The normalized spacial score (nSPS) is 20.6. The number of sulfonamides is 1. The third-order valence-corrected chi connectivity index (χ3v) is 5.60. The van der Waals surface area contributed by atoms with E-state index in [1.165, 1.54) is 12.8 Å². The smallest absolute Gasteiger partial charge is 0.260 e. The predicted octanol–water partition coefficient (Wildman–Crippen LogP) is 1.19. The Balaban J connectivity index is 1.76. The van der Waals surface area contributed by atoms with Crippen LogP contribution in [0.3, 0.4) is 0 Å². The van der Waals surface area contributed by atoms with Crippen molar-refractivity contribution in [1.82, 2.24) is 20.2 Å². The second-order valence-electron chi connectivity index (χ2n) is 5.89. The van der Waals surface area contributed by atoms with Gasteiger partial charge in [-0.05, 0) is 32.6 Å². The molecule has 0 bridgehead atoms. The molecule has 0 aromatic carbocycles. The van der Waals surface area contributed by atoms with E-state index in [4.69, 9.17) is 0 Å². The van der Waals surface area contributed by atoms with Crippen molar-refractivity contribution in [3.05, 3.63) is 11.3 Å². The van der Waals surface area contributed by atoms with Crippen molar-refractivity contribution in [3.63, 3.8) is 0 Å². The summed E-state index contributed by atoms with van der Waals surface area (Å²) in [6.45, 7) is 2.43. The van der Waals surface area contributed by atoms with Crippen LogP contribution in [0.4, 0.5) is 0 Å². The molecule has 0 saturated heterocycles. The maximum absolute atomic E-state index is 12.5. The van der Waals surface area contributed by atoms with Gasteiger partial charge >= 0.3 is 0 Å². The topological polar surface area (TPSA) is 86.9 Å². The van der Waals surface area contributed by atoms with Gasteiger partial charge in [-0.25, -0.2) is 13.1 Å². The molecule has 0 aliphatic heterocycles. The standard InChI is InChI=1S/C13H22N4O2S/c1-9-12(8-14-10-6-7-10)13(16-15-9)20(18,19)17-11-4-2-3-5-11/h10-11,14,17H,2-8H2,1H3,(H,15,16). The average molecular weight is 298 g/mol. The van der Waals surface area contributed by atoms with Crippen LogP contribution >= 0.6 is 0 Å². The molecule has 1 aromatic rings. The molecule has 0 unspecified atom stereocenters. The summed E-state index contributed by atoms with van der Waals surface area (Å²) >= 11 is 0. The third kappa shape index (κ3) is 3.05. The molecule has 6 nitrogen and oxygen atoms in total. The molecule has 0 spiro atoms. The molecule has 0 radical (unpaired) electrons. The minimum Gasteiger partial charge on any atom is -0.310 e. The van der Waals surface area contributed by atoms with E-state index in [-0.39, 0.29) is 11.1 Å². The molecule has 0 atom stereocenters. The summed E-state index contributed by atoms with van der Waals surface area (Å²) in [6, 6.07) is 0.615. The number of aromatic nitrogens is 2. The molecular weight excluding hydrogens is 276 g/mol. The number of nitrogens with zero attached hydrogens (tertiary/aromatic N) is 1. The van der Waals surface area contributed by atoms with Gasteiger partial charge in [0.15, 0.2) is 5.03 Å². The van der Waals surface area contributed by atoms with E-state index in [1.807, 2.05) is 6.92 Å². The molecule has 3 rings (SSSR count). The van der Waals surface area contributed by atoms with E-state index in [0.29, 0.717) is 12.6 Å². The summed E-state index contributed by atoms with van der Waals surface area (Å²) in [5.41, 5.74) is 1.59. The van der Waals surface area contributed by atoms with E-state index in [9.17, 15) is 8.42 Å². The molecule has 0 amide bonds. The molecule has 1 aromatic heterocycles. The van der Waals surface area contributed by atoms with E-state index in [1.54, 1.807) is 0 Å². The van der Waals surface area contributed by atoms with Crippen molar-refractivity contribution >= 4 is 10.0 Å². The number of nitrogens with one attached hydrogen (secondary N) is 3. The Kier molecular flexibility index (Phi) is 3.83. The van der Waals surface area contributed by atoms with Crippen LogP contribution in [0.1, 0.15) is 49.8 Å². The van der Waals surface area contributed by atoms with Gasteiger partial charge in [-0.1, -0.05) is 12.8 Å². The first kappa shape index (κ1) is 14.0. The lowest BCUT2D eigenvalue weighted by molar-refractivity contribution is 0.546. The lowest BCUT2D eigenvalue weighted by atomic mass is 10.2. The Morgan fingerprint density at radius 3 is 2.55 bits per heavy atom. The van der Waals surface area contributed by atoms with E-state index in [2.05, 4.69) is 20.2 Å². The highest BCUT2D eigenvalue weighted by atomic mass is 32.2. The zero-order valence-corrected chi connectivity index (χ0v) is 12.6. The van der Waals surface area contributed by atoms with E-state index < -0.39 is 10.0 Å². The van der Waals surface area contributed by atoms with Crippen molar-refractivity contribution in [2.24, 2.45) is 0 Å². The maximum atomic E-state index is 12.5. The number of rotatable bonds is 6. The zero-order chi connectivity index (χ0) is 14.2. The van der Waals surface area contributed by atoms with Gasteiger partial charge in [-0.3, -0.25) is 5.10 Å². The summed E-state index contributed by atoms with van der Waals surface area (Å²) in [6.07, 6.45) is 6.42. The quantitative estimate of drug-likeness (QED) is 0.736. The number of aromatic amines is 1. The molecule has 7 heteroatoms. The molecule has 20 heavy (non-hydrogen) atoms. The predicted molar refractivity (Wildman–Crippen MR) is 75.8 cm³/mol. The Morgan fingerprint density at radius 1 is 1.20 bits per heavy atom. The second-order valence-corrected chi connectivity index (χ2v) is 7.52. The van der Waals surface area contributed by atoms with E-state index in [0.717, 1.165) is 36.9 Å². The Labute approximate surface area is 119 Å². The molecule has 112 valence electrons. The molecular formula is C13H22N4O2S. The zero-order valence-electron chi connectivity index (χ0n) is 11.8. The molecule has 2 aliphatic carbocycles. The summed E-state index contributed by atoms with van der Waals surface area (Å²) in [5, 5.41) is 10.3. The second kappa shape index (κ2) is 5.46. The first-order valence-corrected chi connectivity index (χ1v) is 8.84. The Morgan fingerprint density at radius 2 is 1.90 bits per heavy atom. The van der Waals surface area contributed by atoms with Crippen LogP contribution in [0, 0.1) is 6.92 Å². The molecule has 1 heterocycles. The van der Waals surface area contributed by atoms with Crippen LogP contribution in [0.15, 0.2) is 5.03 Å². The van der Waals surface area contributed by atoms with Crippen LogP contribution < -0.4 is 10.0 Å². The van der Waals surface area contributed by atoms with Crippen LogP contribution in [0.2, 0.25) is 0 Å². The minimum absolute atomic E-state index is 0.0706. The van der Waals surface area contributed by atoms with Crippen molar-refractivity contribution in [2.45, 2.75) is 69.1 Å². The lowest BCUT2D eigenvalue weighted by Gasteiger charge is -2.12. The summed E-state index contributed by atoms with van der Waals surface area (Å²) in [7, 11) is -3.51. The van der Waals surface area contributed by atoms with Crippen molar-refractivity contribution in [1.29, 1.82) is 0 Å². The molecule has 2 saturated carbocycles.